The highest BCUT2D eigenvalue weighted by Gasteiger charge is 2.04. The van der Waals surface area contributed by atoms with Gasteiger partial charge in [-0.2, -0.15) is 0 Å². The molecule has 0 aromatic rings. The molecular weight excluding hydrogens is 182 g/mol. The Labute approximate surface area is 91.9 Å². The fraction of sp³-hybridized carbons (Fsp3) is 0.214. The van der Waals surface area contributed by atoms with E-state index in [1.807, 2.05) is 25.3 Å². The molecule has 15 heavy (non-hydrogen) atoms. The third-order valence-electron chi connectivity index (χ3n) is 2.13. The number of nitrogens with zero attached hydrogens (tertiary/aromatic N) is 1. The van der Waals surface area contributed by atoms with Gasteiger partial charge in [0.25, 0.3) is 0 Å². The maximum Gasteiger partial charge on any atom is 0.0660 e. The molecule has 1 rings (SSSR count). The first-order valence-electron chi connectivity index (χ1n) is 5.12. The van der Waals surface area contributed by atoms with Gasteiger partial charge in [0, 0.05) is 6.21 Å². The van der Waals surface area contributed by atoms with Gasteiger partial charge in [-0.1, -0.05) is 42.5 Å². The Kier molecular flexibility index (Phi) is 4.55. The van der Waals surface area contributed by atoms with Crippen molar-refractivity contribution in [2.75, 3.05) is 0 Å². The molecule has 0 heterocycles. The van der Waals surface area contributed by atoms with Gasteiger partial charge in [-0.25, -0.2) is 0 Å². The second-order valence-electron chi connectivity index (χ2n) is 3.44. The summed E-state index contributed by atoms with van der Waals surface area (Å²) in [4.78, 5) is 4.35. The second kappa shape index (κ2) is 5.97. The van der Waals surface area contributed by atoms with E-state index >= 15 is 0 Å². The van der Waals surface area contributed by atoms with Crippen molar-refractivity contribution in [1.82, 2.24) is 0 Å². The summed E-state index contributed by atoms with van der Waals surface area (Å²) in [7, 11) is 0. The van der Waals surface area contributed by atoms with Crippen LogP contribution in [-0.4, -0.2) is 6.21 Å². The van der Waals surface area contributed by atoms with E-state index in [4.69, 9.17) is 0 Å². The Hall–Kier alpha value is -1.63. The molecule has 0 saturated carbocycles. The predicted molar refractivity (Wildman–Crippen MR) is 68.0 cm³/mol. The highest BCUT2D eigenvalue weighted by Crippen LogP contribution is 2.22. The molecule has 0 atom stereocenters. The van der Waals surface area contributed by atoms with Gasteiger partial charge in [-0.05, 0) is 31.9 Å². The summed E-state index contributed by atoms with van der Waals surface area (Å²) in [5, 5.41) is 0. The van der Waals surface area contributed by atoms with Crippen LogP contribution in [0.3, 0.4) is 0 Å². The lowest BCUT2D eigenvalue weighted by Crippen LogP contribution is -1.88. The highest BCUT2D eigenvalue weighted by molar-refractivity contribution is 5.58. The van der Waals surface area contributed by atoms with Crippen LogP contribution in [0.1, 0.15) is 20.3 Å². The zero-order valence-electron chi connectivity index (χ0n) is 9.40. The molecule has 0 aromatic heterocycles. The van der Waals surface area contributed by atoms with Gasteiger partial charge >= 0.3 is 0 Å². The highest BCUT2D eigenvalue weighted by atomic mass is 14.7. The van der Waals surface area contributed by atoms with E-state index in [-0.39, 0.29) is 0 Å². The number of allylic oxidation sites excluding steroid dienone is 8. The minimum atomic E-state index is 0.948. The standard InChI is InChI=1S/C14H17N/c1-4-8-14(15-5-2)13-10-7-6-9-12(3)11-13/h4-10H,1,11H2,2-3H3/b14-8-,15-5?. The summed E-state index contributed by atoms with van der Waals surface area (Å²) in [5.41, 5.74) is 3.57. The Morgan fingerprint density at radius 2 is 2.13 bits per heavy atom. The van der Waals surface area contributed by atoms with Crippen LogP contribution >= 0.6 is 0 Å². The van der Waals surface area contributed by atoms with Crippen molar-refractivity contribution in [2.45, 2.75) is 20.3 Å². The van der Waals surface area contributed by atoms with Crippen LogP contribution in [0.15, 0.2) is 64.9 Å². The topological polar surface area (TPSA) is 12.4 Å². The third kappa shape index (κ3) is 3.55. The van der Waals surface area contributed by atoms with E-state index in [2.05, 4.69) is 36.7 Å². The Morgan fingerprint density at radius 3 is 2.80 bits per heavy atom. The van der Waals surface area contributed by atoms with E-state index < -0.39 is 0 Å². The van der Waals surface area contributed by atoms with E-state index in [9.17, 15) is 0 Å². The van der Waals surface area contributed by atoms with Crippen molar-refractivity contribution in [2.24, 2.45) is 4.99 Å². The first-order chi connectivity index (χ1) is 7.27. The Balaban J connectivity index is 2.99. The van der Waals surface area contributed by atoms with Gasteiger partial charge in [0.15, 0.2) is 0 Å². The normalized spacial score (nSPS) is 17.3. The van der Waals surface area contributed by atoms with Crippen molar-refractivity contribution >= 4 is 6.21 Å². The SMILES string of the molecule is C=C/C=C(\N=CC)C1=CC=CC=C(C)C1. The average molecular weight is 199 g/mol. The van der Waals surface area contributed by atoms with Gasteiger partial charge in [0.05, 0.1) is 5.70 Å². The van der Waals surface area contributed by atoms with Gasteiger partial charge in [-0.3, -0.25) is 4.99 Å². The summed E-state index contributed by atoms with van der Waals surface area (Å²) < 4.78 is 0. The van der Waals surface area contributed by atoms with Crippen LogP contribution in [0, 0.1) is 0 Å². The summed E-state index contributed by atoms with van der Waals surface area (Å²) in [6.07, 6.45) is 14.8. The zero-order valence-corrected chi connectivity index (χ0v) is 9.40. The fourth-order valence-electron chi connectivity index (χ4n) is 1.47. The van der Waals surface area contributed by atoms with E-state index in [0.717, 1.165) is 12.1 Å². The molecule has 1 nitrogen and oxygen atoms in total. The maximum absolute atomic E-state index is 4.35. The molecule has 1 aliphatic rings. The number of hydrogen-bond donors (Lipinski definition) is 0. The Morgan fingerprint density at radius 1 is 1.40 bits per heavy atom. The van der Waals surface area contributed by atoms with Crippen LogP contribution in [-0.2, 0) is 0 Å². The molecular formula is C14H17N. The number of hydrogen-bond acceptors (Lipinski definition) is 1. The molecule has 0 aliphatic heterocycles. The van der Waals surface area contributed by atoms with Gasteiger partial charge < -0.3 is 0 Å². The van der Waals surface area contributed by atoms with Gasteiger partial charge in [-0.15, -0.1) is 0 Å². The maximum atomic E-state index is 4.35. The lowest BCUT2D eigenvalue weighted by Gasteiger charge is -2.06. The first-order valence-corrected chi connectivity index (χ1v) is 5.12. The van der Waals surface area contributed by atoms with Crippen LogP contribution in [0.4, 0.5) is 0 Å². The molecule has 0 bridgehead atoms. The average Bonchev–Trinajstić information content (AvgIpc) is 2.42. The summed E-state index contributed by atoms with van der Waals surface area (Å²) >= 11 is 0. The molecule has 1 heteroatoms. The molecule has 1 aliphatic carbocycles. The van der Waals surface area contributed by atoms with E-state index in [1.165, 1.54) is 11.1 Å². The smallest absolute Gasteiger partial charge is 0.0660 e. The monoisotopic (exact) mass is 199 g/mol. The summed E-state index contributed by atoms with van der Waals surface area (Å²) in [6.45, 7) is 7.76. The van der Waals surface area contributed by atoms with E-state index in [0.29, 0.717) is 0 Å². The van der Waals surface area contributed by atoms with Gasteiger partial charge in [0.1, 0.15) is 0 Å². The van der Waals surface area contributed by atoms with Crippen molar-refractivity contribution in [1.29, 1.82) is 0 Å². The van der Waals surface area contributed by atoms with Crippen molar-refractivity contribution in [3.63, 3.8) is 0 Å². The lowest BCUT2D eigenvalue weighted by atomic mass is 10.0. The zero-order chi connectivity index (χ0) is 11.1. The van der Waals surface area contributed by atoms with Crippen LogP contribution in [0.2, 0.25) is 0 Å². The minimum absolute atomic E-state index is 0.948. The van der Waals surface area contributed by atoms with Crippen molar-refractivity contribution < 1.29 is 0 Å². The largest absolute Gasteiger partial charge is 0.261 e. The van der Waals surface area contributed by atoms with Crippen LogP contribution in [0.25, 0.3) is 0 Å². The number of rotatable bonds is 3. The molecule has 78 valence electrons. The molecule has 0 saturated heterocycles. The summed E-state index contributed by atoms with van der Waals surface area (Å²) in [6, 6.07) is 0. The summed E-state index contributed by atoms with van der Waals surface area (Å²) in [5.74, 6) is 0. The first kappa shape index (κ1) is 11.4. The predicted octanol–water partition coefficient (Wildman–Crippen LogP) is 3.98. The molecule has 0 amide bonds. The fourth-order valence-corrected chi connectivity index (χ4v) is 1.47. The third-order valence-corrected chi connectivity index (χ3v) is 2.13. The van der Waals surface area contributed by atoms with E-state index in [1.54, 1.807) is 6.08 Å². The number of aliphatic imine (C=N–C) groups is 1. The second-order valence-corrected chi connectivity index (χ2v) is 3.44. The van der Waals surface area contributed by atoms with Crippen LogP contribution < -0.4 is 0 Å². The lowest BCUT2D eigenvalue weighted by molar-refractivity contribution is 1.10. The van der Waals surface area contributed by atoms with Crippen molar-refractivity contribution in [3.8, 4) is 0 Å². The van der Waals surface area contributed by atoms with Crippen molar-refractivity contribution in [3.05, 3.63) is 59.9 Å². The Bertz CT molecular complexity index is 376. The minimum Gasteiger partial charge on any atom is -0.261 e. The molecule has 0 spiro atoms. The molecule has 0 aromatic carbocycles. The molecule has 0 fully saturated rings. The molecule has 0 unspecified atom stereocenters. The molecule has 0 N–H and O–H groups in total. The van der Waals surface area contributed by atoms with Crippen LogP contribution in [0.5, 0.6) is 0 Å². The molecule has 0 radical (unpaired) electrons. The quantitative estimate of drug-likeness (QED) is 0.481. The van der Waals surface area contributed by atoms with Gasteiger partial charge in [0.2, 0.25) is 0 Å².